The number of aliphatic carboxylic acids is 1. The summed E-state index contributed by atoms with van der Waals surface area (Å²) in [6.07, 6.45) is 1.55. The fourth-order valence-corrected chi connectivity index (χ4v) is 1.69. The summed E-state index contributed by atoms with van der Waals surface area (Å²) in [5, 5.41) is 11.8. The fraction of sp³-hybridized carbons (Fsp3) is 0.500. The third-order valence-electron chi connectivity index (χ3n) is 3.06. The lowest BCUT2D eigenvalue weighted by Crippen LogP contribution is -2.31. The summed E-state index contributed by atoms with van der Waals surface area (Å²) in [6, 6.07) is 3.36. The molecule has 0 aliphatic heterocycles. The smallest absolute Gasteiger partial charge is 0.308 e. The summed E-state index contributed by atoms with van der Waals surface area (Å²) in [5.41, 5.74) is 1.06. The standard InChI is InChI=1S/C14H21N3O3/c1-4-17(5-2)13(18)12-8-11(6-7-15-12)16-9-10(3)14(19)20/h6-8,10H,4-5,9H2,1-3H3,(H,15,16)(H,19,20). The van der Waals surface area contributed by atoms with E-state index in [2.05, 4.69) is 10.3 Å². The zero-order valence-corrected chi connectivity index (χ0v) is 12.1. The van der Waals surface area contributed by atoms with Crippen molar-refractivity contribution >= 4 is 17.6 Å². The maximum Gasteiger partial charge on any atom is 0.308 e. The van der Waals surface area contributed by atoms with Crippen molar-refractivity contribution in [2.24, 2.45) is 5.92 Å². The molecule has 1 atom stereocenters. The molecule has 1 amide bonds. The molecular weight excluding hydrogens is 258 g/mol. The minimum Gasteiger partial charge on any atom is -0.481 e. The van der Waals surface area contributed by atoms with Gasteiger partial charge in [-0.2, -0.15) is 0 Å². The van der Waals surface area contributed by atoms with Crippen LogP contribution in [0, 0.1) is 5.92 Å². The lowest BCUT2D eigenvalue weighted by Gasteiger charge is -2.18. The topological polar surface area (TPSA) is 82.5 Å². The van der Waals surface area contributed by atoms with Gasteiger partial charge in [-0.3, -0.25) is 14.6 Å². The molecule has 0 aliphatic rings. The van der Waals surface area contributed by atoms with E-state index < -0.39 is 11.9 Å². The van der Waals surface area contributed by atoms with Gasteiger partial charge in [-0.15, -0.1) is 0 Å². The van der Waals surface area contributed by atoms with Crippen molar-refractivity contribution in [2.75, 3.05) is 25.0 Å². The molecular formula is C14H21N3O3. The van der Waals surface area contributed by atoms with E-state index in [0.29, 0.717) is 31.0 Å². The van der Waals surface area contributed by atoms with Crippen LogP contribution in [0.1, 0.15) is 31.3 Å². The van der Waals surface area contributed by atoms with Gasteiger partial charge in [0.05, 0.1) is 5.92 Å². The van der Waals surface area contributed by atoms with Gasteiger partial charge < -0.3 is 15.3 Å². The predicted octanol–water partition coefficient (Wildman–Crippen LogP) is 1.70. The highest BCUT2D eigenvalue weighted by atomic mass is 16.4. The molecule has 1 heterocycles. The maximum absolute atomic E-state index is 12.1. The Balaban J connectivity index is 2.75. The highest BCUT2D eigenvalue weighted by Crippen LogP contribution is 2.11. The number of carboxylic acids is 1. The van der Waals surface area contributed by atoms with Crippen molar-refractivity contribution in [3.8, 4) is 0 Å². The number of hydrogen-bond donors (Lipinski definition) is 2. The molecule has 1 aromatic rings. The Bertz CT molecular complexity index is 472. The Morgan fingerprint density at radius 3 is 2.60 bits per heavy atom. The number of amides is 1. The number of anilines is 1. The summed E-state index contributed by atoms with van der Waals surface area (Å²) in [7, 11) is 0. The number of rotatable bonds is 7. The Morgan fingerprint density at radius 1 is 1.40 bits per heavy atom. The van der Waals surface area contributed by atoms with Gasteiger partial charge in [0.1, 0.15) is 5.69 Å². The molecule has 0 fully saturated rings. The van der Waals surface area contributed by atoms with E-state index in [4.69, 9.17) is 5.11 Å². The number of nitrogens with zero attached hydrogens (tertiary/aromatic N) is 2. The normalized spacial score (nSPS) is 11.8. The van der Waals surface area contributed by atoms with Crippen LogP contribution in [-0.4, -0.2) is 46.5 Å². The molecule has 20 heavy (non-hydrogen) atoms. The third-order valence-corrected chi connectivity index (χ3v) is 3.06. The fourth-order valence-electron chi connectivity index (χ4n) is 1.69. The molecule has 0 saturated heterocycles. The average Bonchev–Trinajstić information content (AvgIpc) is 2.46. The van der Waals surface area contributed by atoms with Gasteiger partial charge in [0.2, 0.25) is 0 Å². The summed E-state index contributed by atoms with van der Waals surface area (Å²) in [6.45, 7) is 7.02. The zero-order chi connectivity index (χ0) is 15.1. The first-order valence-corrected chi connectivity index (χ1v) is 6.71. The van der Waals surface area contributed by atoms with Crippen molar-refractivity contribution < 1.29 is 14.7 Å². The van der Waals surface area contributed by atoms with E-state index in [1.54, 1.807) is 30.2 Å². The van der Waals surface area contributed by atoms with Crippen LogP contribution >= 0.6 is 0 Å². The van der Waals surface area contributed by atoms with Gasteiger partial charge in [0.15, 0.2) is 0 Å². The van der Waals surface area contributed by atoms with E-state index in [1.165, 1.54) is 0 Å². The Morgan fingerprint density at radius 2 is 2.05 bits per heavy atom. The van der Waals surface area contributed by atoms with Crippen LogP contribution in [0.4, 0.5) is 5.69 Å². The Labute approximate surface area is 118 Å². The molecule has 0 bridgehead atoms. The first-order chi connectivity index (χ1) is 9.49. The van der Waals surface area contributed by atoms with Gasteiger partial charge in [0.25, 0.3) is 5.91 Å². The van der Waals surface area contributed by atoms with Crippen LogP contribution in [0.3, 0.4) is 0 Å². The number of pyridine rings is 1. The molecule has 6 heteroatoms. The molecule has 2 N–H and O–H groups in total. The van der Waals surface area contributed by atoms with Gasteiger partial charge >= 0.3 is 5.97 Å². The van der Waals surface area contributed by atoms with Crippen LogP contribution in [0.25, 0.3) is 0 Å². The zero-order valence-electron chi connectivity index (χ0n) is 12.1. The molecule has 0 saturated carbocycles. The monoisotopic (exact) mass is 279 g/mol. The van der Waals surface area contributed by atoms with Gasteiger partial charge in [0, 0.05) is 31.5 Å². The van der Waals surface area contributed by atoms with Crippen molar-refractivity contribution in [3.05, 3.63) is 24.0 Å². The maximum atomic E-state index is 12.1. The molecule has 0 radical (unpaired) electrons. The predicted molar refractivity (Wildman–Crippen MR) is 76.8 cm³/mol. The Kier molecular flexibility index (Phi) is 5.96. The molecule has 0 aromatic carbocycles. The first-order valence-electron chi connectivity index (χ1n) is 6.71. The van der Waals surface area contributed by atoms with Crippen molar-refractivity contribution in [1.82, 2.24) is 9.88 Å². The van der Waals surface area contributed by atoms with Crippen LogP contribution in [0.5, 0.6) is 0 Å². The summed E-state index contributed by atoms with van der Waals surface area (Å²) in [4.78, 5) is 28.7. The van der Waals surface area contributed by atoms with Crippen molar-refractivity contribution in [2.45, 2.75) is 20.8 Å². The minimum atomic E-state index is -0.856. The second-order valence-corrected chi connectivity index (χ2v) is 4.53. The van der Waals surface area contributed by atoms with Crippen LogP contribution in [-0.2, 0) is 4.79 Å². The van der Waals surface area contributed by atoms with Gasteiger partial charge in [-0.05, 0) is 26.0 Å². The molecule has 1 aromatic heterocycles. The number of hydrogen-bond acceptors (Lipinski definition) is 4. The summed E-state index contributed by atoms with van der Waals surface area (Å²) in [5.74, 6) is -1.47. The van der Waals surface area contributed by atoms with E-state index in [9.17, 15) is 9.59 Å². The van der Waals surface area contributed by atoms with Gasteiger partial charge in [-0.1, -0.05) is 6.92 Å². The number of carbonyl (C=O) groups excluding carboxylic acids is 1. The quantitative estimate of drug-likeness (QED) is 0.793. The highest BCUT2D eigenvalue weighted by molar-refractivity contribution is 5.93. The molecule has 0 spiro atoms. The molecule has 110 valence electrons. The number of carbonyl (C=O) groups is 2. The number of nitrogens with one attached hydrogen (secondary N) is 1. The van der Waals surface area contributed by atoms with Crippen LogP contribution in [0.2, 0.25) is 0 Å². The highest BCUT2D eigenvalue weighted by Gasteiger charge is 2.15. The van der Waals surface area contributed by atoms with Crippen LogP contribution < -0.4 is 5.32 Å². The van der Waals surface area contributed by atoms with Gasteiger partial charge in [-0.25, -0.2) is 0 Å². The molecule has 1 unspecified atom stereocenters. The summed E-state index contributed by atoms with van der Waals surface area (Å²) >= 11 is 0. The van der Waals surface area contributed by atoms with Crippen LogP contribution in [0.15, 0.2) is 18.3 Å². The van der Waals surface area contributed by atoms with E-state index in [1.807, 2.05) is 13.8 Å². The van der Waals surface area contributed by atoms with E-state index in [0.717, 1.165) is 0 Å². The largest absolute Gasteiger partial charge is 0.481 e. The number of aromatic nitrogens is 1. The second-order valence-electron chi connectivity index (χ2n) is 4.53. The molecule has 1 rings (SSSR count). The lowest BCUT2D eigenvalue weighted by atomic mass is 10.2. The summed E-state index contributed by atoms with van der Waals surface area (Å²) < 4.78 is 0. The van der Waals surface area contributed by atoms with Crippen molar-refractivity contribution in [1.29, 1.82) is 0 Å². The van der Waals surface area contributed by atoms with E-state index >= 15 is 0 Å². The Hall–Kier alpha value is -2.11. The van der Waals surface area contributed by atoms with E-state index in [-0.39, 0.29) is 5.91 Å². The molecule has 0 aliphatic carbocycles. The number of carboxylic acid groups (broad SMARTS) is 1. The first kappa shape index (κ1) is 15.9. The molecule has 6 nitrogen and oxygen atoms in total. The lowest BCUT2D eigenvalue weighted by molar-refractivity contribution is -0.140. The van der Waals surface area contributed by atoms with Crippen molar-refractivity contribution in [3.63, 3.8) is 0 Å². The SMILES string of the molecule is CCN(CC)C(=O)c1cc(NCC(C)C(=O)O)ccn1. The third kappa shape index (κ3) is 4.22. The minimum absolute atomic E-state index is 0.120. The second kappa shape index (κ2) is 7.47. The average molecular weight is 279 g/mol.